The van der Waals surface area contributed by atoms with Crippen LogP contribution in [0.1, 0.15) is 55.5 Å². The zero-order valence-corrected chi connectivity index (χ0v) is 22.8. The van der Waals surface area contributed by atoms with Gasteiger partial charge in [-0.05, 0) is 59.5 Å². The van der Waals surface area contributed by atoms with Crippen LogP contribution in [0.15, 0.2) is 64.2 Å². The lowest BCUT2D eigenvalue weighted by molar-refractivity contribution is 0.0785. The number of unbranched alkanes of at least 4 members (excludes halogenated alkanes) is 2. The van der Waals surface area contributed by atoms with E-state index in [1.165, 1.54) is 6.07 Å². The Balaban J connectivity index is 2.15. The summed E-state index contributed by atoms with van der Waals surface area (Å²) in [4.78, 5) is 16.9. The fraction of sp³-hybridized carbons (Fsp3) is 0.370. The molecule has 1 amide bonds. The molecule has 0 radical (unpaired) electrons. The first-order valence-electron chi connectivity index (χ1n) is 12.2. The summed E-state index contributed by atoms with van der Waals surface area (Å²) >= 11 is 1.56. The number of nitrogens with zero attached hydrogens (tertiary/aromatic N) is 2. The summed E-state index contributed by atoms with van der Waals surface area (Å²) < 4.78 is 31.8. The van der Waals surface area contributed by atoms with Gasteiger partial charge in [-0.15, -0.1) is 0 Å². The Morgan fingerprint density at radius 1 is 1.03 bits per heavy atom. The average molecular weight is 530 g/mol. The molecule has 0 bridgehead atoms. The topological polar surface area (TPSA) is 92.9 Å². The third kappa shape index (κ3) is 7.32. The minimum absolute atomic E-state index is 0.146. The number of anilines is 1. The minimum atomic E-state index is -4.20. The summed E-state index contributed by atoms with van der Waals surface area (Å²) in [5, 5.41) is 9.63. The van der Waals surface area contributed by atoms with Gasteiger partial charge in [0, 0.05) is 32.2 Å². The highest BCUT2D eigenvalue weighted by Gasteiger charge is 2.27. The van der Waals surface area contributed by atoms with E-state index < -0.39 is 10.0 Å². The molecule has 2 aromatic carbocycles. The van der Waals surface area contributed by atoms with Gasteiger partial charge in [0.2, 0.25) is 10.0 Å². The average Bonchev–Trinajstić information content (AvgIpc) is 3.37. The Kier molecular flexibility index (Phi) is 9.92. The number of thiophene rings is 1. The van der Waals surface area contributed by atoms with Gasteiger partial charge in [-0.1, -0.05) is 44.9 Å². The van der Waals surface area contributed by atoms with Crippen molar-refractivity contribution in [2.45, 2.75) is 51.0 Å². The highest BCUT2D eigenvalue weighted by atomic mass is 32.2. The van der Waals surface area contributed by atoms with Gasteiger partial charge in [-0.25, -0.2) is 13.6 Å². The lowest BCUT2D eigenvalue weighted by Crippen LogP contribution is -2.29. The molecule has 194 valence electrons. The number of ether oxygens (including phenoxy) is 1. The van der Waals surface area contributed by atoms with Crippen molar-refractivity contribution in [2.75, 3.05) is 25.0 Å². The second kappa shape index (κ2) is 12.9. The van der Waals surface area contributed by atoms with E-state index in [0.29, 0.717) is 31.1 Å². The number of para-hydroxylation sites is 1. The number of primary sulfonamides is 1. The van der Waals surface area contributed by atoms with Crippen molar-refractivity contribution in [3.8, 4) is 11.5 Å². The minimum Gasteiger partial charge on any atom is -0.454 e. The molecule has 0 saturated heterocycles. The molecule has 0 fully saturated rings. The van der Waals surface area contributed by atoms with Gasteiger partial charge in [-0.3, -0.25) is 4.79 Å². The summed E-state index contributed by atoms with van der Waals surface area (Å²) in [7, 11) is -2.50. The van der Waals surface area contributed by atoms with E-state index in [0.717, 1.165) is 31.2 Å². The summed E-state index contributed by atoms with van der Waals surface area (Å²) in [6.07, 6.45) is 3.77. The van der Waals surface area contributed by atoms with Crippen molar-refractivity contribution in [3.05, 3.63) is 70.4 Å². The molecule has 2 N–H and O–H groups in total. The normalized spacial score (nSPS) is 11.3. The van der Waals surface area contributed by atoms with Crippen molar-refractivity contribution in [1.82, 2.24) is 4.90 Å². The smallest absolute Gasteiger partial charge is 0.254 e. The second-order valence-electron chi connectivity index (χ2n) is 8.77. The van der Waals surface area contributed by atoms with E-state index in [4.69, 9.17) is 9.88 Å². The standard InChI is InChI=1S/C27H35N3O4S2/c1-4-6-14-30(15-7-5-2)24-17-22(27(31)29(3)19-21-13-16-35-20-21)18-25(36(28,32)33)26(24)34-23-11-9-8-10-12-23/h8-13,16-18,20H,4-7,14-15,19H2,1-3H3,(H2,28,32,33). The second-order valence-corrected chi connectivity index (χ2v) is 11.1. The van der Waals surface area contributed by atoms with Crippen LogP contribution in [-0.2, 0) is 16.6 Å². The summed E-state index contributed by atoms with van der Waals surface area (Å²) in [5.41, 5.74) is 1.82. The zero-order valence-electron chi connectivity index (χ0n) is 21.1. The van der Waals surface area contributed by atoms with E-state index >= 15 is 0 Å². The number of nitrogens with two attached hydrogens (primary N) is 1. The van der Waals surface area contributed by atoms with Gasteiger partial charge in [0.05, 0.1) is 5.69 Å². The molecule has 0 saturated carbocycles. The molecule has 0 atom stereocenters. The van der Waals surface area contributed by atoms with E-state index in [2.05, 4.69) is 18.7 Å². The molecule has 0 aliphatic carbocycles. The van der Waals surface area contributed by atoms with Crippen molar-refractivity contribution in [1.29, 1.82) is 0 Å². The fourth-order valence-electron chi connectivity index (χ4n) is 3.87. The Labute approximate surface area is 218 Å². The van der Waals surface area contributed by atoms with Crippen LogP contribution in [0, 0.1) is 0 Å². The maximum absolute atomic E-state index is 13.5. The first-order valence-corrected chi connectivity index (χ1v) is 14.7. The number of carbonyl (C=O) groups excluding carboxylic acids is 1. The van der Waals surface area contributed by atoms with Crippen LogP contribution in [0.25, 0.3) is 0 Å². The number of carbonyl (C=O) groups is 1. The molecule has 1 heterocycles. The molecule has 3 aromatic rings. The number of amides is 1. The maximum atomic E-state index is 13.5. The molecule has 0 aliphatic heterocycles. The van der Waals surface area contributed by atoms with Crippen molar-refractivity contribution in [2.24, 2.45) is 5.14 Å². The highest BCUT2D eigenvalue weighted by Crippen LogP contribution is 2.40. The Morgan fingerprint density at radius 2 is 1.69 bits per heavy atom. The molecular weight excluding hydrogens is 494 g/mol. The van der Waals surface area contributed by atoms with Crippen LogP contribution >= 0.6 is 11.3 Å². The number of hydrogen-bond donors (Lipinski definition) is 1. The Bertz CT molecular complexity index is 1220. The first kappa shape index (κ1) is 27.7. The molecule has 1 aromatic heterocycles. The largest absolute Gasteiger partial charge is 0.454 e. The summed E-state index contributed by atoms with van der Waals surface area (Å²) in [6, 6.07) is 14.0. The predicted octanol–water partition coefficient (Wildman–Crippen LogP) is 5.87. The van der Waals surface area contributed by atoms with E-state index in [-0.39, 0.29) is 22.1 Å². The number of rotatable bonds is 13. The highest BCUT2D eigenvalue weighted by molar-refractivity contribution is 7.89. The van der Waals surface area contributed by atoms with Gasteiger partial charge in [-0.2, -0.15) is 11.3 Å². The quantitative estimate of drug-likeness (QED) is 0.299. The van der Waals surface area contributed by atoms with Crippen LogP contribution in [0.2, 0.25) is 0 Å². The van der Waals surface area contributed by atoms with Crippen LogP contribution in [0.3, 0.4) is 0 Å². The van der Waals surface area contributed by atoms with E-state index in [1.54, 1.807) is 41.5 Å². The van der Waals surface area contributed by atoms with Crippen LogP contribution < -0.4 is 14.8 Å². The lowest BCUT2D eigenvalue weighted by atomic mass is 10.1. The van der Waals surface area contributed by atoms with Crippen molar-refractivity contribution >= 4 is 33.0 Å². The molecule has 7 nitrogen and oxygen atoms in total. The third-order valence-electron chi connectivity index (χ3n) is 5.80. The van der Waals surface area contributed by atoms with E-state index in [9.17, 15) is 13.2 Å². The van der Waals surface area contributed by atoms with Gasteiger partial charge < -0.3 is 14.5 Å². The van der Waals surface area contributed by atoms with Gasteiger partial charge in [0.15, 0.2) is 5.75 Å². The Morgan fingerprint density at radius 3 is 2.25 bits per heavy atom. The lowest BCUT2D eigenvalue weighted by Gasteiger charge is -2.29. The first-order chi connectivity index (χ1) is 17.2. The van der Waals surface area contributed by atoms with Gasteiger partial charge in [0.25, 0.3) is 5.91 Å². The fourth-order valence-corrected chi connectivity index (χ4v) is 5.22. The third-order valence-corrected chi connectivity index (χ3v) is 7.45. The zero-order chi connectivity index (χ0) is 26.1. The van der Waals surface area contributed by atoms with Crippen LogP contribution in [0.5, 0.6) is 11.5 Å². The van der Waals surface area contributed by atoms with Crippen LogP contribution in [-0.4, -0.2) is 39.4 Å². The summed E-state index contributed by atoms with van der Waals surface area (Å²) in [6.45, 7) is 6.03. The van der Waals surface area contributed by atoms with Gasteiger partial charge >= 0.3 is 0 Å². The molecule has 36 heavy (non-hydrogen) atoms. The maximum Gasteiger partial charge on any atom is 0.254 e. The molecule has 0 spiro atoms. The SMILES string of the molecule is CCCCN(CCCC)c1cc(C(=O)N(C)Cc2ccsc2)cc(S(N)(=O)=O)c1Oc1ccccc1. The number of benzene rings is 2. The molecule has 3 rings (SSSR count). The Hall–Kier alpha value is -2.88. The van der Waals surface area contributed by atoms with Crippen molar-refractivity contribution in [3.63, 3.8) is 0 Å². The molecule has 0 aliphatic rings. The van der Waals surface area contributed by atoms with E-state index in [1.807, 2.05) is 35.0 Å². The summed E-state index contributed by atoms with van der Waals surface area (Å²) in [5.74, 6) is 0.348. The molecule has 9 heteroatoms. The predicted molar refractivity (Wildman–Crippen MR) is 146 cm³/mol. The number of sulfonamides is 1. The van der Waals surface area contributed by atoms with Gasteiger partial charge in [0.1, 0.15) is 10.6 Å². The molecular formula is C27H35N3O4S2. The van der Waals surface area contributed by atoms with Crippen LogP contribution in [0.4, 0.5) is 5.69 Å². The molecule has 0 unspecified atom stereocenters. The van der Waals surface area contributed by atoms with Crippen molar-refractivity contribution < 1.29 is 17.9 Å². The monoisotopic (exact) mass is 529 g/mol. The number of hydrogen-bond acceptors (Lipinski definition) is 6.